The highest BCUT2D eigenvalue weighted by Crippen LogP contribution is 2.25. The molecule has 0 spiro atoms. The minimum Gasteiger partial charge on any atom is -0.320 e. The molecule has 0 saturated carbocycles. The molecule has 0 unspecified atom stereocenters. The zero-order valence-electron chi connectivity index (χ0n) is 17.7. The molecular weight excluding hydrogens is 588 g/mol. The first-order valence-corrected chi connectivity index (χ1v) is 11.9. The van der Waals surface area contributed by atoms with Crippen molar-refractivity contribution in [2.45, 2.75) is 6.92 Å². The molecule has 4 rings (SSSR count). The van der Waals surface area contributed by atoms with E-state index in [4.69, 9.17) is 11.6 Å². The number of aromatic nitrogens is 1. The number of aryl methyl sites for hydroxylation is 1. The molecule has 0 bridgehead atoms. The van der Waals surface area contributed by atoms with Crippen LogP contribution in [0.3, 0.4) is 0 Å². The van der Waals surface area contributed by atoms with Gasteiger partial charge in [0.05, 0.1) is 5.52 Å². The first kappa shape index (κ1) is 24.0. The van der Waals surface area contributed by atoms with Crippen LogP contribution in [0.1, 0.15) is 16.1 Å². The summed E-state index contributed by atoms with van der Waals surface area (Å²) in [5.41, 5.74) is 5.08. The highest BCUT2D eigenvalue weighted by molar-refractivity contribution is 9.10. The van der Waals surface area contributed by atoms with Crippen molar-refractivity contribution in [3.63, 3.8) is 0 Å². The summed E-state index contributed by atoms with van der Waals surface area (Å²) in [6.07, 6.45) is 0. The Hall–Kier alpha value is -3.14. The predicted octanol–water partition coefficient (Wildman–Crippen LogP) is 6.09. The first-order chi connectivity index (χ1) is 16.2. The van der Waals surface area contributed by atoms with Crippen LogP contribution in [0.25, 0.3) is 10.9 Å². The number of halogens is 3. The molecule has 7 nitrogen and oxygen atoms in total. The van der Waals surface area contributed by atoms with E-state index in [0.29, 0.717) is 27.3 Å². The van der Waals surface area contributed by atoms with E-state index in [9.17, 15) is 14.4 Å². The van der Waals surface area contributed by atoms with Gasteiger partial charge >= 0.3 is 11.8 Å². The summed E-state index contributed by atoms with van der Waals surface area (Å²) in [7, 11) is 0. The Bertz CT molecular complexity index is 1450. The fourth-order valence-electron chi connectivity index (χ4n) is 3.33. The van der Waals surface area contributed by atoms with Crippen LogP contribution in [-0.2, 0) is 9.59 Å². The van der Waals surface area contributed by atoms with Crippen LogP contribution in [0.4, 0.5) is 11.4 Å². The molecule has 0 aliphatic heterocycles. The zero-order valence-corrected chi connectivity index (χ0v) is 21.6. The smallest absolute Gasteiger partial charge is 0.320 e. The third-order valence-electron chi connectivity index (χ3n) is 4.93. The minimum absolute atomic E-state index is 0.152. The van der Waals surface area contributed by atoms with Crippen LogP contribution in [0.2, 0.25) is 5.02 Å². The highest BCUT2D eigenvalue weighted by Gasteiger charge is 2.21. The lowest BCUT2D eigenvalue weighted by atomic mass is 10.2. The lowest BCUT2D eigenvalue weighted by molar-refractivity contribution is -0.133. The normalized spacial score (nSPS) is 10.7. The molecule has 3 aromatic carbocycles. The summed E-state index contributed by atoms with van der Waals surface area (Å²) in [6, 6.07) is 18.9. The van der Waals surface area contributed by atoms with Gasteiger partial charge in [0.15, 0.2) is 0 Å². The Morgan fingerprint density at radius 1 is 0.853 bits per heavy atom. The van der Waals surface area contributed by atoms with E-state index in [0.717, 1.165) is 14.5 Å². The van der Waals surface area contributed by atoms with E-state index in [1.807, 2.05) is 25.1 Å². The molecule has 1 heterocycles. The van der Waals surface area contributed by atoms with Crippen molar-refractivity contribution >= 4 is 83.5 Å². The monoisotopic (exact) mass is 602 g/mol. The van der Waals surface area contributed by atoms with Gasteiger partial charge in [-0.05, 0) is 73.2 Å². The van der Waals surface area contributed by atoms with Gasteiger partial charge in [0.2, 0.25) is 0 Å². The molecule has 0 saturated heterocycles. The Morgan fingerprint density at radius 2 is 1.59 bits per heavy atom. The summed E-state index contributed by atoms with van der Waals surface area (Å²) in [6.45, 7) is 1.87. The van der Waals surface area contributed by atoms with Crippen LogP contribution in [0.5, 0.6) is 0 Å². The standard InChI is InChI=1S/C24H17Br2ClN4O3/c1-13-9-15(25)5-7-19(13)29-22(32)21-11-14-10-16(26)6-8-20(14)31(21)30-24(34)23(33)28-18-4-2-3-17(27)12-18/h2-12H,1H3,(H,28,33)(H,29,32)(H,30,34). The first-order valence-electron chi connectivity index (χ1n) is 9.97. The molecular formula is C24H17Br2ClN4O3. The van der Waals surface area contributed by atoms with Crippen molar-refractivity contribution in [3.05, 3.63) is 92.0 Å². The van der Waals surface area contributed by atoms with E-state index >= 15 is 0 Å². The van der Waals surface area contributed by atoms with Gasteiger partial charge < -0.3 is 10.6 Å². The van der Waals surface area contributed by atoms with Crippen LogP contribution in [0, 0.1) is 6.92 Å². The maximum atomic E-state index is 13.2. The topological polar surface area (TPSA) is 92.2 Å². The molecule has 1 aromatic heterocycles. The fourth-order valence-corrected chi connectivity index (χ4v) is 4.38. The maximum absolute atomic E-state index is 13.2. The third-order valence-corrected chi connectivity index (χ3v) is 6.16. The Balaban J connectivity index is 1.64. The van der Waals surface area contributed by atoms with Crippen LogP contribution >= 0.6 is 43.5 Å². The fraction of sp³-hybridized carbons (Fsp3) is 0.0417. The third kappa shape index (κ3) is 5.32. The van der Waals surface area contributed by atoms with E-state index in [2.05, 4.69) is 47.9 Å². The molecule has 3 amide bonds. The summed E-state index contributed by atoms with van der Waals surface area (Å²) < 4.78 is 2.99. The molecule has 0 atom stereocenters. The number of fused-ring (bicyclic) bond motifs is 1. The number of rotatable bonds is 4. The molecule has 0 fully saturated rings. The summed E-state index contributed by atoms with van der Waals surface area (Å²) in [5.74, 6) is -2.31. The number of anilines is 2. The Kier molecular flexibility index (Phi) is 7.06. The molecule has 172 valence electrons. The Labute approximate surface area is 216 Å². The van der Waals surface area contributed by atoms with E-state index in [1.165, 1.54) is 10.7 Å². The second-order valence-corrected chi connectivity index (χ2v) is 9.65. The van der Waals surface area contributed by atoms with Gasteiger partial charge in [-0.1, -0.05) is 49.5 Å². The number of amides is 3. The lowest BCUT2D eigenvalue weighted by Crippen LogP contribution is -2.36. The number of benzene rings is 3. The maximum Gasteiger partial charge on any atom is 0.328 e. The quantitative estimate of drug-likeness (QED) is 0.246. The van der Waals surface area contributed by atoms with Gasteiger partial charge in [0.25, 0.3) is 5.91 Å². The largest absolute Gasteiger partial charge is 0.328 e. The van der Waals surface area contributed by atoms with E-state index in [1.54, 1.807) is 42.5 Å². The molecule has 10 heteroatoms. The van der Waals surface area contributed by atoms with Crippen LogP contribution < -0.4 is 16.1 Å². The molecule has 3 N–H and O–H groups in total. The zero-order chi connectivity index (χ0) is 24.4. The minimum atomic E-state index is -0.950. The van der Waals surface area contributed by atoms with Crippen LogP contribution in [-0.4, -0.2) is 22.4 Å². The second kappa shape index (κ2) is 10.0. The van der Waals surface area contributed by atoms with E-state index in [-0.39, 0.29) is 5.69 Å². The highest BCUT2D eigenvalue weighted by atomic mass is 79.9. The molecule has 4 aromatic rings. The van der Waals surface area contributed by atoms with Crippen molar-refractivity contribution in [1.29, 1.82) is 0 Å². The number of nitrogens with zero attached hydrogens (tertiary/aromatic N) is 1. The molecule has 0 aliphatic rings. The van der Waals surface area contributed by atoms with Crippen LogP contribution in [0.15, 0.2) is 75.7 Å². The SMILES string of the molecule is Cc1cc(Br)ccc1NC(=O)c1cc2cc(Br)ccc2n1NC(=O)C(=O)Nc1cccc(Cl)c1. The summed E-state index contributed by atoms with van der Waals surface area (Å²) in [5, 5.41) is 6.47. The number of carbonyl (C=O) groups excluding carboxylic acids is 3. The van der Waals surface area contributed by atoms with Crippen molar-refractivity contribution < 1.29 is 14.4 Å². The van der Waals surface area contributed by atoms with Gasteiger partial charge in [-0.3, -0.25) is 19.8 Å². The molecule has 0 radical (unpaired) electrons. The van der Waals surface area contributed by atoms with Gasteiger partial charge in [0, 0.05) is 30.7 Å². The van der Waals surface area contributed by atoms with Gasteiger partial charge in [-0.25, -0.2) is 4.68 Å². The summed E-state index contributed by atoms with van der Waals surface area (Å²) in [4.78, 5) is 38.4. The number of nitrogens with one attached hydrogen (secondary N) is 3. The van der Waals surface area contributed by atoms with Gasteiger partial charge in [-0.2, -0.15) is 0 Å². The van der Waals surface area contributed by atoms with E-state index < -0.39 is 17.7 Å². The average Bonchev–Trinajstić information content (AvgIpc) is 3.13. The number of carbonyl (C=O) groups is 3. The number of hydrogen-bond acceptors (Lipinski definition) is 3. The molecule has 0 aliphatic carbocycles. The number of hydrogen-bond donors (Lipinski definition) is 3. The predicted molar refractivity (Wildman–Crippen MR) is 141 cm³/mol. The summed E-state index contributed by atoms with van der Waals surface area (Å²) >= 11 is 12.8. The van der Waals surface area contributed by atoms with Crippen molar-refractivity contribution in [1.82, 2.24) is 4.68 Å². The average molecular weight is 605 g/mol. The molecule has 34 heavy (non-hydrogen) atoms. The van der Waals surface area contributed by atoms with Crippen molar-refractivity contribution in [3.8, 4) is 0 Å². The lowest BCUT2D eigenvalue weighted by Gasteiger charge is -2.14. The van der Waals surface area contributed by atoms with Gasteiger partial charge in [0.1, 0.15) is 5.69 Å². The Morgan fingerprint density at radius 3 is 2.32 bits per heavy atom. The van der Waals surface area contributed by atoms with Crippen molar-refractivity contribution in [2.75, 3.05) is 16.1 Å². The second-order valence-electron chi connectivity index (χ2n) is 7.39. The van der Waals surface area contributed by atoms with Gasteiger partial charge in [-0.15, -0.1) is 0 Å². The van der Waals surface area contributed by atoms with Crippen molar-refractivity contribution in [2.24, 2.45) is 0 Å².